The summed E-state index contributed by atoms with van der Waals surface area (Å²) >= 11 is 5.88. The smallest absolute Gasteiger partial charge is 0.244 e. The van der Waals surface area contributed by atoms with Crippen molar-refractivity contribution in [1.29, 1.82) is 0 Å². The minimum absolute atomic E-state index is 0.501. The largest absolute Gasteiger partial charge is 0.379 e. The molecule has 0 aliphatic carbocycles. The average Bonchev–Trinajstić information content (AvgIpc) is 2.63. The van der Waals surface area contributed by atoms with Crippen molar-refractivity contribution < 1.29 is 4.74 Å². The average molecular weight is 349 g/mol. The van der Waals surface area contributed by atoms with E-state index in [1.54, 1.807) is 6.20 Å². The maximum atomic E-state index is 5.88. The lowest BCUT2D eigenvalue weighted by Gasteiger charge is -2.26. The molecule has 0 spiro atoms. The normalized spacial score (nSPS) is 15.2. The quantitative estimate of drug-likeness (QED) is 0.791. The molecule has 3 rings (SSSR count). The number of nitrogens with one attached hydrogen (secondary N) is 2. The summed E-state index contributed by atoms with van der Waals surface area (Å²) in [6.45, 7) is 5.99. The molecule has 2 N–H and O–H groups in total. The molecule has 1 saturated heterocycles. The van der Waals surface area contributed by atoms with Gasteiger partial charge in [-0.25, -0.2) is 0 Å². The van der Waals surface area contributed by atoms with Gasteiger partial charge in [-0.15, -0.1) is 5.10 Å². The second-order valence-corrected chi connectivity index (χ2v) is 5.96. The Morgan fingerprint density at radius 2 is 1.92 bits per heavy atom. The summed E-state index contributed by atoms with van der Waals surface area (Å²) in [6, 6.07) is 7.66. The Morgan fingerprint density at radius 1 is 1.12 bits per heavy atom. The van der Waals surface area contributed by atoms with Gasteiger partial charge in [-0.05, 0) is 17.7 Å². The van der Waals surface area contributed by atoms with Gasteiger partial charge in [0.2, 0.25) is 5.95 Å². The first-order valence-corrected chi connectivity index (χ1v) is 8.39. The zero-order valence-corrected chi connectivity index (χ0v) is 14.2. The summed E-state index contributed by atoms with van der Waals surface area (Å²) in [6.07, 6.45) is 1.63. The van der Waals surface area contributed by atoms with Crippen LogP contribution >= 0.6 is 11.6 Å². The molecule has 1 fully saturated rings. The lowest BCUT2D eigenvalue weighted by molar-refractivity contribution is 0.0398. The van der Waals surface area contributed by atoms with Crippen molar-refractivity contribution in [3.8, 4) is 0 Å². The van der Waals surface area contributed by atoms with Crippen LogP contribution in [0.1, 0.15) is 5.56 Å². The molecule has 24 heavy (non-hydrogen) atoms. The summed E-state index contributed by atoms with van der Waals surface area (Å²) in [5.41, 5.74) is 1.11. The highest BCUT2D eigenvalue weighted by Crippen LogP contribution is 2.11. The molecule has 1 aromatic heterocycles. The number of benzene rings is 1. The molecule has 7 nitrogen and oxygen atoms in total. The number of nitrogens with zero attached hydrogens (tertiary/aromatic N) is 4. The third kappa shape index (κ3) is 5.30. The Hall–Kier alpha value is -1.96. The van der Waals surface area contributed by atoms with Gasteiger partial charge in [0.15, 0.2) is 5.82 Å². The Kier molecular flexibility index (Phi) is 6.17. The minimum Gasteiger partial charge on any atom is -0.379 e. The summed E-state index contributed by atoms with van der Waals surface area (Å²) in [7, 11) is 0. The van der Waals surface area contributed by atoms with Gasteiger partial charge in [0, 0.05) is 37.7 Å². The molecule has 2 aromatic rings. The van der Waals surface area contributed by atoms with Gasteiger partial charge in [-0.2, -0.15) is 10.1 Å². The zero-order valence-electron chi connectivity index (χ0n) is 13.4. The predicted molar refractivity (Wildman–Crippen MR) is 94.4 cm³/mol. The van der Waals surface area contributed by atoms with E-state index in [0.717, 1.165) is 55.8 Å². The van der Waals surface area contributed by atoms with Gasteiger partial charge in [0.25, 0.3) is 0 Å². The topological polar surface area (TPSA) is 75.2 Å². The van der Waals surface area contributed by atoms with Crippen molar-refractivity contribution in [2.45, 2.75) is 6.54 Å². The van der Waals surface area contributed by atoms with Gasteiger partial charge >= 0.3 is 0 Å². The van der Waals surface area contributed by atoms with Crippen LogP contribution in [-0.4, -0.2) is 59.5 Å². The van der Waals surface area contributed by atoms with Crippen molar-refractivity contribution >= 4 is 23.4 Å². The zero-order chi connectivity index (χ0) is 16.6. The van der Waals surface area contributed by atoms with E-state index >= 15 is 0 Å². The van der Waals surface area contributed by atoms with Crippen LogP contribution in [0.4, 0.5) is 11.8 Å². The first-order chi connectivity index (χ1) is 11.8. The highest BCUT2D eigenvalue weighted by atomic mass is 35.5. The Labute approximate surface area is 146 Å². The third-order valence-corrected chi connectivity index (χ3v) is 4.01. The number of anilines is 2. The molecular weight excluding hydrogens is 328 g/mol. The molecule has 1 aliphatic heterocycles. The highest BCUT2D eigenvalue weighted by molar-refractivity contribution is 6.30. The van der Waals surface area contributed by atoms with E-state index in [9.17, 15) is 0 Å². The fourth-order valence-electron chi connectivity index (χ4n) is 2.41. The lowest BCUT2D eigenvalue weighted by atomic mass is 10.2. The molecule has 0 saturated carbocycles. The van der Waals surface area contributed by atoms with E-state index < -0.39 is 0 Å². The van der Waals surface area contributed by atoms with E-state index in [1.807, 2.05) is 24.3 Å². The standard InChI is InChI=1S/C16H21ClN6O/c17-14-3-1-13(2-4-14)11-19-16-21-15(12-20-22-16)18-5-6-23-7-9-24-10-8-23/h1-4,12H,5-11H2,(H2,18,19,21,22). The molecule has 0 atom stereocenters. The molecular formula is C16H21ClN6O. The molecule has 0 bridgehead atoms. The van der Waals surface area contributed by atoms with Crippen molar-refractivity contribution in [3.63, 3.8) is 0 Å². The van der Waals surface area contributed by atoms with E-state index in [1.165, 1.54) is 0 Å². The summed E-state index contributed by atoms with van der Waals surface area (Å²) < 4.78 is 5.34. The SMILES string of the molecule is Clc1ccc(CNc2nncc(NCCN3CCOCC3)n2)cc1. The van der Waals surface area contributed by atoms with Crippen molar-refractivity contribution in [2.75, 3.05) is 50.0 Å². The van der Waals surface area contributed by atoms with Crippen LogP contribution in [0.5, 0.6) is 0 Å². The number of hydrogen-bond acceptors (Lipinski definition) is 7. The third-order valence-electron chi connectivity index (χ3n) is 3.76. The molecule has 128 valence electrons. The molecule has 1 aliphatic rings. The molecule has 8 heteroatoms. The number of aromatic nitrogens is 3. The Bertz CT molecular complexity index is 633. The molecule has 0 radical (unpaired) electrons. The maximum Gasteiger partial charge on any atom is 0.244 e. The Morgan fingerprint density at radius 3 is 2.71 bits per heavy atom. The van der Waals surface area contributed by atoms with Crippen LogP contribution in [0, 0.1) is 0 Å². The first kappa shape index (κ1) is 16.9. The summed E-state index contributed by atoms with van der Waals surface area (Å²) in [5, 5.41) is 15.2. The minimum atomic E-state index is 0.501. The predicted octanol–water partition coefficient (Wildman–Crippen LogP) is 1.88. The lowest BCUT2D eigenvalue weighted by Crippen LogP contribution is -2.39. The number of ether oxygens (including phenoxy) is 1. The van der Waals surface area contributed by atoms with Crippen LogP contribution in [0.25, 0.3) is 0 Å². The van der Waals surface area contributed by atoms with Crippen LogP contribution < -0.4 is 10.6 Å². The summed E-state index contributed by atoms with van der Waals surface area (Å²) in [4.78, 5) is 6.79. The number of morpholine rings is 1. The summed E-state index contributed by atoms with van der Waals surface area (Å²) in [5.74, 6) is 1.22. The van der Waals surface area contributed by atoms with E-state index in [2.05, 4.69) is 30.7 Å². The van der Waals surface area contributed by atoms with Crippen molar-refractivity contribution in [3.05, 3.63) is 41.0 Å². The van der Waals surface area contributed by atoms with E-state index in [-0.39, 0.29) is 0 Å². The van der Waals surface area contributed by atoms with Gasteiger partial charge in [0.1, 0.15) is 0 Å². The van der Waals surface area contributed by atoms with Crippen LogP contribution in [0.2, 0.25) is 5.02 Å². The molecule has 1 aromatic carbocycles. The fourth-order valence-corrected chi connectivity index (χ4v) is 2.54. The molecule has 0 amide bonds. The number of hydrogen-bond donors (Lipinski definition) is 2. The highest BCUT2D eigenvalue weighted by Gasteiger charge is 2.09. The first-order valence-electron chi connectivity index (χ1n) is 8.01. The second kappa shape index (κ2) is 8.77. The van der Waals surface area contributed by atoms with Crippen molar-refractivity contribution in [2.24, 2.45) is 0 Å². The van der Waals surface area contributed by atoms with E-state index in [0.29, 0.717) is 12.5 Å². The number of halogens is 1. The Balaban J connectivity index is 1.45. The molecule has 0 unspecified atom stereocenters. The van der Waals surface area contributed by atoms with Gasteiger partial charge in [-0.3, -0.25) is 4.90 Å². The van der Waals surface area contributed by atoms with Crippen LogP contribution in [-0.2, 0) is 11.3 Å². The van der Waals surface area contributed by atoms with E-state index in [4.69, 9.17) is 16.3 Å². The van der Waals surface area contributed by atoms with Crippen LogP contribution in [0.15, 0.2) is 30.5 Å². The molecule has 2 heterocycles. The van der Waals surface area contributed by atoms with Crippen molar-refractivity contribution in [1.82, 2.24) is 20.1 Å². The monoisotopic (exact) mass is 348 g/mol. The number of rotatable bonds is 7. The van der Waals surface area contributed by atoms with Gasteiger partial charge in [-0.1, -0.05) is 23.7 Å². The fraction of sp³-hybridized carbons (Fsp3) is 0.438. The van der Waals surface area contributed by atoms with Gasteiger partial charge < -0.3 is 15.4 Å². The maximum absolute atomic E-state index is 5.88. The van der Waals surface area contributed by atoms with Gasteiger partial charge in [0.05, 0.1) is 19.4 Å². The van der Waals surface area contributed by atoms with Crippen LogP contribution in [0.3, 0.4) is 0 Å². The second-order valence-electron chi connectivity index (χ2n) is 5.53.